The van der Waals surface area contributed by atoms with Crippen molar-refractivity contribution in [3.8, 4) is 6.07 Å². The van der Waals surface area contributed by atoms with Crippen LogP contribution >= 0.6 is 0 Å². The second kappa shape index (κ2) is 9.53. The molecule has 0 saturated carbocycles. The Bertz CT molecular complexity index is 696. The first kappa shape index (κ1) is 19.4. The van der Waals surface area contributed by atoms with E-state index in [1.165, 1.54) is 12.1 Å². The monoisotopic (exact) mass is 358 g/mol. The zero-order valence-electron chi connectivity index (χ0n) is 14.4. The molecule has 8 nitrogen and oxygen atoms in total. The number of benzene rings is 1. The highest BCUT2D eigenvalue weighted by Crippen LogP contribution is 2.19. The van der Waals surface area contributed by atoms with E-state index in [0.717, 1.165) is 19.4 Å². The summed E-state index contributed by atoms with van der Waals surface area (Å²) in [7, 11) is 0. The molecular formula is C18H22N4O4. The zero-order valence-corrected chi connectivity index (χ0v) is 14.4. The van der Waals surface area contributed by atoms with E-state index >= 15 is 0 Å². The molecule has 1 heterocycles. The van der Waals surface area contributed by atoms with Gasteiger partial charge in [0, 0.05) is 30.8 Å². The Morgan fingerprint density at radius 3 is 2.65 bits per heavy atom. The number of carboxylic acids is 1. The summed E-state index contributed by atoms with van der Waals surface area (Å²) in [5.74, 6) is -1.79. The first-order chi connectivity index (χ1) is 12.5. The van der Waals surface area contributed by atoms with Gasteiger partial charge < -0.3 is 20.6 Å². The van der Waals surface area contributed by atoms with Crippen LogP contribution in [0, 0.1) is 17.2 Å². The lowest BCUT2D eigenvalue weighted by molar-refractivity contribution is -0.135. The van der Waals surface area contributed by atoms with Crippen LogP contribution in [0.4, 0.5) is 5.69 Å². The number of anilines is 1. The van der Waals surface area contributed by atoms with Crippen molar-refractivity contribution < 1.29 is 19.5 Å². The molecule has 1 saturated heterocycles. The first-order valence-corrected chi connectivity index (χ1v) is 8.50. The number of carbonyl (C=O) groups is 3. The van der Waals surface area contributed by atoms with Crippen molar-refractivity contribution in [2.45, 2.75) is 19.3 Å². The van der Waals surface area contributed by atoms with Gasteiger partial charge in [0.1, 0.15) is 6.54 Å². The average Bonchev–Trinajstić information content (AvgIpc) is 2.65. The quantitative estimate of drug-likeness (QED) is 0.670. The molecule has 8 heteroatoms. The fourth-order valence-corrected chi connectivity index (χ4v) is 2.89. The van der Waals surface area contributed by atoms with Crippen LogP contribution in [0.15, 0.2) is 24.3 Å². The van der Waals surface area contributed by atoms with Gasteiger partial charge in [0.2, 0.25) is 5.91 Å². The van der Waals surface area contributed by atoms with Crippen LogP contribution in [0.3, 0.4) is 0 Å². The number of piperidine rings is 1. The second-order valence-electron chi connectivity index (χ2n) is 6.19. The van der Waals surface area contributed by atoms with E-state index in [9.17, 15) is 14.4 Å². The van der Waals surface area contributed by atoms with E-state index in [0.29, 0.717) is 30.8 Å². The predicted molar refractivity (Wildman–Crippen MR) is 94.4 cm³/mol. The van der Waals surface area contributed by atoms with E-state index in [2.05, 4.69) is 21.6 Å². The molecule has 1 aliphatic rings. The Kier molecular flexibility index (Phi) is 7.12. The normalized spacial score (nSPS) is 17.1. The summed E-state index contributed by atoms with van der Waals surface area (Å²) in [5, 5.41) is 22.4. The number of carbonyl (C=O) groups excluding carboxylic acids is 2. The minimum Gasteiger partial charge on any atom is -0.480 e. The van der Waals surface area contributed by atoms with Crippen molar-refractivity contribution in [3.05, 3.63) is 29.8 Å². The van der Waals surface area contributed by atoms with Gasteiger partial charge in [-0.2, -0.15) is 5.26 Å². The van der Waals surface area contributed by atoms with Gasteiger partial charge in [-0.15, -0.1) is 0 Å². The van der Waals surface area contributed by atoms with E-state index in [4.69, 9.17) is 10.4 Å². The minimum absolute atomic E-state index is 0.0743. The van der Waals surface area contributed by atoms with Crippen molar-refractivity contribution in [1.29, 1.82) is 5.26 Å². The van der Waals surface area contributed by atoms with Crippen molar-refractivity contribution >= 4 is 23.5 Å². The summed E-state index contributed by atoms with van der Waals surface area (Å²) < 4.78 is 0. The summed E-state index contributed by atoms with van der Waals surface area (Å²) in [6.07, 6.45) is 2.19. The molecule has 26 heavy (non-hydrogen) atoms. The largest absolute Gasteiger partial charge is 0.480 e. The lowest BCUT2D eigenvalue weighted by Crippen LogP contribution is -2.41. The van der Waals surface area contributed by atoms with E-state index in [1.54, 1.807) is 12.1 Å². The molecule has 0 spiro atoms. The van der Waals surface area contributed by atoms with Gasteiger partial charge in [0.25, 0.3) is 5.91 Å². The molecule has 2 rings (SSSR count). The van der Waals surface area contributed by atoms with Crippen LogP contribution in [0.2, 0.25) is 0 Å². The minimum atomic E-state index is -1.11. The number of nitrogens with zero attached hydrogens (tertiary/aromatic N) is 2. The standard InChI is InChI=1S/C18H22N4O4/c19-8-2-10-22-9-1-3-14(12-22)18(26)21-15-6-4-13(5-7-15)17(25)20-11-16(23)24/h4-7,14H,1-3,9-12H2,(H,20,25)(H,21,26)(H,23,24). The molecule has 1 aromatic rings. The maximum Gasteiger partial charge on any atom is 0.322 e. The van der Waals surface area contributed by atoms with Crippen molar-refractivity contribution in [2.75, 3.05) is 31.5 Å². The van der Waals surface area contributed by atoms with Crippen LogP contribution in [-0.4, -0.2) is 54.0 Å². The predicted octanol–water partition coefficient (Wildman–Crippen LogP) is 1.07. The van der Waals surface area contributed by atoms with Gasteiger partial charge in [-0.05, 0) is 43.7 Å². The van der Waals surface area contributed by atoms with Crippen molar-refractivity contribution in [2.24, 2.45) is 5.92 Å². The lowest BCUT2D eigenvalue weighted by atomic mass is 9.97. The molecule has 0 radical (unpaired) electrons. The Hall–Kier alpha value is -2.92. The number of amides is 2. The fourth-order valence-electron chi connectivity index (χ4n) is 2.89. The van der Waals surface area contributed by atoms with Gasteiger partial charge in [0.05, 0.1) is 12.0 Å². The average molecular weight is 358 g/mol. The Labute approximate surface area is 151 Å². The van der Waals surface area contributed by atoms with Crippen molar-refractivity contribution in [3.63, 3.8) is 0 Å². The number of nitrogens with one attached hydrogen (secondary N) is 2. The molecule has 0 aromatic heterocycles. The van der Waals surface area contributed by atoms with Crippen LogP contribution in [0.5, 0.6) is 0 Å². The summed E-state index contributed by atoms with van der Waals surface area (Å²) >= 11 is 0. The number of nitriles is 1. The number of hydrogen-bond donors (Lipinski definition) is 3. The number of likely N-dealkylation sites (tertiary alicyclic amines) is 1. The van der Waals surface area contributed by atoms with E-state index in [1.807, 2.05) is 0 Å². The summed E-state index contributed by atoms with van der Waals surface area (Å²) in [6.45, 7) is 1.79. The number of aliphatic carboxylic acids is 1. The van der Waals surface area contributed by atoms with Crippen LogP contribution in [0.25, 0.3) is 0 Å². The maximum absolute atomic E-state index is 12.4. The molecule has 1 aliphatic heterocycles. The Balaban J connectivity index is 1.87. The smallest absolute Gasteiger partial charge is 0.322 e. The third-order valence-corrected chi connectivity index (χ3v) is 4.23. The molecule has 0 aliphatic carbocycles. The third kappa shape index (κ3) is 5.86. The molecule has 1 unspecified atom stereocenters. The van der Waals surface area contributed by atoms with Crippen molar-refractivity contribution in [1.82, 2.24) is 10.2 Å². The Morgan fingerprint density at radius 1 is 1.27 bits per heavy atom. The number of hydrogen-bond acceptors (Lipinski definition) is 5. The maximum atomic E-state index is 12.4. The topological polar surface area (TPSA) is 123 Å². The summed E-state index contributed by atoms with van der Waals surface area (Å²) in [6, 6.07) is 8.42. The highest BCUT2D eigenvalue weighted by atomic mass is 16.4. The van der Waals surface area contributed by atoms with Gasteiger partial charge in [-0.3, -0.25) is 14.4 Å². The molecule has 0 bridgehead atoms. The Morgan fingerprint density at radius 2 is 2.00 bits per heavy atom. The molecular weight excluding hydrogens is 336 g/mol. The lowest BCUT2D eigenvalue weighted by Gasteiger charge is -2.31. The SMILES string of the molecule is N#CCCN1CCCC(C(=O)Nc2ccc(C(=O)NCC(=O)O)cc2)C1. The highest BCUT2D eigenvalue weighted by Gasteiger charge is 2.25. The molecule has 3 N–H and O–H groups in total. The molecule has 1 atom stereocenters. The van der Waals surface area contributed by atoms with Crippen LogP contribution < -0.4 is 10.6 Å². The molecule has 1 fully saturated rings. The third-order valence-electron chi connectivity index (χ3n) is 4.23. The van der Waals surface area contributed by atoms with E-state index in [-0.39, 0.29) is 11.8 Å². The summed E-state index contributed by atoms with van der Waals surface area (Å²) in [4.78, 5) is 36.8. The molecule has 138 valence electrons. The van der Waals surface area contributed by atoms with Gasteiger partial charge in [-0.1, -0.05) is 0 Å². The second-order valence-corrected chi connectivity index (χ2v) is 6.19. The summed E-state index contributed by atoms with van der Waals surface area (Å²) in [5.41, 5.74) is 0.906. The molecule has 1 aromatic carbocycles. The first-order valence-electron chi connectivity index (χ1n) is 8.50. The highest BCUT2D eigenvalue weighted by molar-refractivity contribution is 5.97. The van der Waals surface area contributed by atoms with Crippen LogP contribution in [0.1, 0.15) is 29.6 Å². The van der Waals surface area contributed by atoms with Gasteiger partial charge in [0.15, 0.2) is 0 Å². The number of rotatable bonds is 7. The zero-order chi connectivity index (χ0) is 18.9. The number of carboxylic acid groups (broad SMARTS) is 1. The van der Waals surface area contributed by atoms with Gasteiger partial charge >= 0.3 is 5.97 Å². The molecule has 2 amide bonds. The fraction of sp³-hybridized carbons (Fsp3) is 0.444. The van der Waals surface area contributed by atoms with Crippen LogP contribution in [-0.2, 0) is 9.59 Å². The van der Waals surface area contributed by atoms with E-state index < -0.39 is 18.4 Å². The van der Waals surface area contributed by atoms with Gasteiger partial charge in [-0.25, -0.2) is 0 Å².